The minimum Gasteiger partial charge on any atom is -0.480 e. The molecule has 2 rings (SSSR count). The largest absolute Gasteiger partial charge is 0.480 e. The first-order valence-electron chi connectivity index (χ1n) is 5.31. The molecule has 1 aromatic rings. The van der Waals surface area contributed by atoms with Gasteiger partial charge in [-0.2, -0.15) is 11.8 Å². The van der Waals surface area contributed by atoms with Crippen molar-refractivity contribution >= 4 is 29.1 Å². The van der Waals surface area contributed by atoms with Gasteiger partial charge in [-0.3, -0.25) is 10.1 Å². The lowest BCUT2D eigenvalue weighted by Gasteiger charge is -2.33. The molecule has 1 aromatic heterocycles. The Kier molecular flexibility index (Phi) is 3.89. The molecule has 1 saturated heterocycles. The number of carboxylic acids is 1. The van der Waals surface area contributed by atoms with Gasteiger partial charge >= 0.3 is 5.97 Å². The summed E-state index contributed by atoms with van der Waals surface area (Å²) >= 11 is 3.39. The third-order valence-electron chi connectivity index (χ3n) is 2.83. The third-order valence-corrected chi connectivity index (χ3v) is 4.98. The molecule has 0 radical (unpaired) electrons. The lowest BCUT2D eigenvalue weighted by atomic mass is 9.95. The highest BCUT2D eigenvalue weighted by Gasteiger charge is 2.39. The molecule has 1 unspecified atom stereocenters. The molecule has 2 heterocycles. The van der Waals surface area contributed by atoms with Crippen molar-refractivity contribution in [3.8, 4) is 0 Å². The third kappa shape index (κ3) is 2.59. The van der Waals surface area contributed by atoms with Crippen LogP contribution in [0, 0.1) is 0 Å². The van der Waals surface area contributed by atoms with Gasteiger partial charge in [0.25, 0.3) is 0 Å². The fourth-order valence-electron chi connectivity index (χ4n) is 1.85. The number of aliphatic carboxylic acids is 1. The summed E-state index contributed by atoms with van der Waals surface area (Å²) < 4.78 is 0. The van der Waals surface area contributed by atoms with Crippen LogP contribution in [0.1, 0.15) is 17.7 Å². The predicted molar refractivity (Wildman–Crippen MR) is 68.1 cm³/mol. The van der Waals surface area contributed by atoms with Crippen molar-refractivity contribution in [3.63, 3.8) is 0 Å². The number of carboxylic acid groups (broad SMARTS) is 1. The number of carbonyl (C=O) groups is 1. The summed E-state index contributed by atoms with van der Waals surface area (Å²) in [5.74, 6) is 1.04. The van der Waals surface area contributed by atoms with Gasteiger partial charge < -0.3 is 5.11 Å². The molecule has 0 saturated carbocycles. The molecular weight excluding hydrogens is 242 g/mol. The molecule has 88 valence electrons. The monoisotopic (exact) mass is 257 g/mol. The van der Waals surface area contributed by atoms with Crippen LogP contribution in [0.25, 0.3) is 0 Å². The Morgan fingerprint density at radius 2 is 2.50 bits per heavy atom. The predicted octanol–water partition coefficient (Wildman–Crippen LogP) is 2.19. The van der Waals surface area contributed by atoms with Crippen LogP contribution in [0.4, 0.5) is 0 Å². The summed E-state index contributed by atoms with van der Waals surface area (Å²) in [5, 5.41) is 14.6. The molecule has 1 fully saturated rings. The smallest absolute Gasteiger partial charge is 0.324 e. The number of hydrogen-bond acceptors (Lipinski definition) is 4. The first-order chi connectivity index (χ1) is 7.73. The van der Waals surface area contributed by atoms with E-state index in [1.165, 1.54) is 4.88 Å². The average molecular weight is 257 g/mol. The average Bonchev–Trinajstić information content (AvgIpc) is 2.80. The summed E-state index contributed by atoms with van der Waals surface area (Å²) in [6.45, 7) is 0.657. The number of hydrogen-bond donors (Lipinski definition) is 2. The van der Waals surface area contributed by atoms with Gasteiger partial charge in [-0.05, 0) is 30.0 Å². The van der Waals surface area contributed by atoms with Crippen LogP contribution in [0.2, 0.25) is 0 Å². The number of rotatable bonds is 4. The Morgan fingerprint density at radius 3 is 3.06 bits per heavy atom. The van der Waals surface area contributed by atoms with E-state index in [1.54, 1.807) is 23.1 Å². The Bertz CT molecular complexity index is 345. The van der Waals surface area contributed by atoms with Crippen molar-refractivity contribution in [3.05, 3.63) is 22.4 Å². The molecule has 0 amide bonds. The van der Waals surface area contributed by atoms with Crippen LogP contribution in [-0.2, 0) is 11.3 Å². The maximum Gasteiger partial charge on any atom is 0.324 e. The molecule has 5 heteroatoms. The Hall–Kier alpha value is -0.520. The number of thioether (sulfide) groups is 1. The van der Waals surface area contributed by atoms with Gasteiger partial charge in [0.1, 0.15) is 5.54 Å². The minimum absolute atomic E-state index is 0.657. The highest BCUT2D eigenvalue weighted by Crippen LogP contribution is 2.27. The SMILES string of the molecule is O=C(O)C1(NCc2cccs2)CCCSC1. The fourth-order valence-corrected chi connectivity index (χ4v) is 3.70. The van der Waals surface area contributed by atoms with E-state index in [-0.39, 0.29) is 0 Å². The molecule has 16 heavy (non-hydrogen) atoms. The second kappa shape index (κ2) is 5.21. The Labute approximate surface area is 103 Å². The fraction of sp³-hybridized carbons (Fsp3) is 0.545. The van der Waals surface area contributed by atoms with Crippen molar-refractivity contribution in [2.24, 2.45) is 0 Å². The van der Waals surface area contributed by atoms with E-state index in [0.29, 0.717) is 12.3 Å². The topological polar surface area (TPSA) is 49.3 Å². The van der Waals surface area contributed by atoms with E-state index in [4.69, 9.17) is 0 Å². The first-order valence-corrected chi connectivity index (χ1v) is 7.35. The molecule has 3 nitrogen and oxygen atoms in total. The lowest BCUT2D eigenvalue weighted by molar-refractivity contribution is -0.144. The van der Waals surface area contributed by atoms with E-state index < -0.39 is 11.5 Å². The van der Waals surface area contributed by atoms with Gasteiger partial charge in [-0.15, -0.1) is 11.3 Å². The zero-order chi connectivity index (χ0) is 11.4. The number of thiophene rings is 1. The van der Waals surface area contributed by atoms with Crippen molar-refractivity contribution in [1.29, 1.82) is 0 Å². The molecule has 2 N–H and O–H groups in total. The van der Waals surface area contributed by atoms with Crippen LogP contribution in [-0.4, -0.2) is 28.1 Å². The molecule has 0 aromatic carbocycles. The van der Waals surface area contributed by atoms with Gasteiger partial charge in [0, 0.05) is 17.2 Å². The van der Waals surface area contributed by atoms with Gasteiger partial charge in [0.15, 0.2) is 0 Å². The van der Waals surface area contributed by atoms with E-state index in [0.717, 1.165) is 18.6 Å². The molecule has 0 bridgehead atoms. The summed E-state index contributed by atoms with van der Waals surface area (Å²) in [4.78, 5) is 12.6. The summed E-state index contributed by atoms with van der Waals surface area (Å²) in [6, 6.07) is 4.02. The number of nitrogens with one attached hydrogen (secondary N) is 1. The molecule has 1 aliphatic rings. The molecule has 0 aliphatic carbocycles. The van der Waals surface area contributed by atoms with E-state index in [9.17, 15) is 9.90 Å². The van der Waals surface area contributed by atoms with Crippen molar-refractivity contribution < 1.29 is 9.90 Å². The second-order valence-corrected chi connectivity index (χ2v) is 6.11. The van der Waals surface area contributed by atoms with E-state index >= 15 is 0 Å². The summed E-state index contributed by atoms with van der Waals surface area (Å²) in [6.07, 6.45) is 1.72. The summed E-state index contributed by atoms with van der Waals surface area (Å²) in [7, 11) is 0. The van der Waals surface area contributed by atoms with E-state index in [2.05, 4.69) is 5.32 Å². The van der Waals surface area contributed by atoms with Crippen LogP contribution in [0.5, 0.6) is 0 Å². The maximum atomic E-state index is 11.4. The lowest BCUT2D eigenvalue weighted by Crippen LogP contribution is -2.55. The highest BCUT2D eigenvalue weighted by atomic mass is 32.2. The standard InChI is InChI=1S/C11H15NO2S2/c13-10(14)11(4-2-5-15-8-11)12-7-9-3-1-6-16-9/h1,3,6,12H,2,4-5,7-8H2,(H,13,14). The van der Waals surface area contributed by atoms with Crippen LogP contribution in [0.15, 0.2) is 17.5 Å². The van der Waals surface area contributed by atoms with Gasteiger partial charge in [-0.1, -0.05) is 6.07 Å². The van der Waals surface area contributed by atoms with Gasteiger partial charge in [-0.25, -0.2) is 0 Å². The van der Waals surface area contributed by atoms with Crippen LogP contribution >= 0.6 is 23.1 Å². The Balaban J connectivity index is 2.00. The molecular formula is C11H15NO2S2. The Morgan fingerprint density at radius 1 is 1.62 bits per heavy atom. The second-order valence-electron chi connectivity index (χ2n) is 3.98. The quantitative estimate of drug-likeness (QED) is 0.868. The molecule has 1 aliphatic heterocycles. The highest BCUT2D eigenvalue weighted by molar-refractivity contribution is 7.99. The molecule has 1 atom stereocenters. The van der Waals surface area contributed by atoms with Gasteiger partial charge in [0.05, 0.1) is 0 Å². The molecule has 0 spiro atoms. The van der Waals surface area contributed by atoms with Crippen LogP contribution in [0.3, 0.4) is 0 Å². The van der Waals surface area contributed by atoms with Crippen molar-refractivity contribution in [2.45, 2.75) is 24.9 Å². The minimum atomic E-state index is -0.715. The van der Waals surface area contributed by atoms with Gasteiger partial charge in [0.2, 0.25) is 0 Å². The van der Waals surface area contributed by atoms with Crippen LogP contribution < -0.4 is 5.32 Å². The van der Waals surface area contributed by atoms with Crippen molar-refractivity contribution in [1.82, 2.24) is 5.32 Å². The zero-order valence-corrected chi connectivity index (χ0v) is 10.6. The van der Waals surface area contributed by atoms with Crippen molar-refractivity contribution in [2.75, 3.05) is 11.5 Å². The summed E-state index contributed by atoms with van der Waals surface area (Å²) in [5.41, 5.74) is -0.715. The zero-order valence-electron chi connectivity index (χ0n) is 8.94. The van der Waals surface area contributed by atoms with E-state index in [1.807, 2.05) is 17.5 Å². The first kappa shape index (κ1) is 12.0. The normalized spacial score (nSPS) is 25.5. The maximum absolute atomic E-state index is 11.4.